The summed E-state index contributed by atoms with van der Waals surface area (Å²) >= 11 is 7.89. The molecule has 1 aliphatic rings. The number of hydrogen-bond acceptors (Lipinski definition) is 4. The summed E-state index contributed by atoms with van der Waals surface area (Å²) in [6.07, 6.45) is 6.87. The average Bonchev–Trinajstić information content (AvgIpc) is 2.76. The first-order valence-corrected chi connectivity index (χ1v) is 8.66. The van der Waals surface area contributed by atoms with Gasteiger partial charge in [0.15, 0.2) is 5.17 Å². The molecule has 0 bridgehead atoms. The molecule has 0 spiro atoms. The third-order valence-electron chi connectivity index (χ3n) is 2.53. The van der Waals surface area contributed by atoms with Crippen LogP contribution >= 0.6 is 43.6 Å². The molecule has 0 radical (unpaired) electrons. The second kappa shape index (κ2) is 7.81. The van der Waals surface area contributed by atoms with Gasteiger partial charge in [0.1, 0.15) is 12.4 Å². The summed E-state index contributed by atoms with van der Waals surface area (Å²) in [5, 5.41) is 2.75. The standard InChI is InChI=1S/C15H10Br2N2O3S/c1-3-4-22-13-9(5-10(16)7-11(13)17)6-12-14(21)19-15(23-12)18-8(2)20/h1,5-7H,4H2,2H3,(H,18,19,20,21)/b12-6+. The van der Waals surface area contributed by atoms with E-state index in [0.717, 1.165) is 16.2 Å². The van der Waals surface area contributed by atoms with E-state index in [0.29, 0.717) is 20.7 Å². The van der Waals surface area contributed by atoms with Crippen molar-refractivity contribution in [2.75, 3.05) is 6.61 Å². The number of benzene rings is 1. The molecule has 1 aromatic rings. The molecule has 2 amide bonds. The van der Waals surface area contributed by atoms with Crippen molar-refractivity contribution in [2.45, 2.75) is 6.92 Å². The van der Waals surface area contributed by atoms with Crippen LogP contribution in [0.5, 0.6) is 5.75 Å². The molecule has 118 valence electrons. The Morgan fingerprint density at radius 1 is 1.52 bits per heavy atom. The number of amidine groups is 1. The van der Waals surface area contributed by atoms with Gasteiger partial charge in [0.05, 0.1) is 9.38 Å². The summed E-state index contributed by atoms with van der Waals surface area (Å²) in [5.74, 6) is 2.22. The first-order valence-electron chi connectivity index (χ1n) is 6.26. The van der Waals surface area contributed by atoms with Crippen molar-refractivity contribution >= 4 is 66.7 Å². The van der Waals surface area contributed by atoms with E-state index in [2.05, 4.69) is 48.1 Å². The highest BCUT2D eigenvalue weighted by Gasteiger charge is 2.23. The maximum absolute atomic E-state index is 11.9. The number of aliphatic imine (C=N–C) groups is 1. The minimum atomic E-state index is -0.419. The van der Waals surface area contributed by atoms with Gasteiger partial charge in [-0.1, -0.05) is 21.9 Å². The van der Waals surface area contributed by atoms with Gasteiger partial charge in [0.2, 0.25) is 5.91 Å². The molecule has 1 heterocycles. The Morgan fingerprint density at radius 2 is 2.26 bits per heavy atom. The number of ether oxygens (including phenoxy) is 1. The molecular formula is C15H10Br2N2O3S. The fourth-order valence-electron chi connectivity index (χ4n) is 1.71. The van der Waals surface area contributed by atoms with Gasteiger partial charge in [-0.15, -0.1) is 6.42 Å². The van der Waals surface area contributed by atoms with Crippen LogP contribution in [0.25, 0.3) is 6.08 Å². The molecule has 0 fully saturated rings. The number of halogens is 2. The molecule has 23 heavy (non-hydrogen) atoms. The maximum atomic E-state index is 11.9. The van der Waals surface area contributed by atoms with Crippen LogP contribution in [0.2, 0.25) is 0 Å². The van der Waals surface area contributed by atoms with Gasteiger partial charge in [0.25, 0.3) is 5.91 Å². The van der Waals surface area contributed by atoms with Crippen molar-refractivity contribution in [1.29, 1.82) is 0 Å². The highest BCUT2D eigenvalue weighted by atomic mass is 79.9. The maximum Gasteiger partial charge on any atom is 0.286 e. The Balaban J connectivity index is 2.34. The van der Waals surface area contributed by atoms with Gasteiger partial charge in [-0.2, -0.15) is 4.99 Å². The predicted octanol–water partition coefficient (Wildman–Crippen LogP) is 3.33. The summed E-state index contributed by atoms with van der Waals surface area (Å²) in [6.45, 7) is 1.46. The zero-order valence-electron chi connectivity index (χ0n) is 11.9. The molecule has 1 aromatic carbocycles. The Hall–Kier alpha value is -1.56. The third kappa shape index (κ3) is 4.70. The number of thioether (sulfide) groups is 1. The smallest absolute Gasteiger partial charge is 0.286 e. The van der Waals surface area contributed by atoms with Gasteiger partial charge in [-0.3, -0.25) is 9.59 Å². The molecule has 5 nitrogen and oxygen atoms in total. The molecule has 0 unspecified atom stereocenters. The Kier molecular flexibility index (Phi) is 6.04. The fourth-order valence-corrected chi connectivity index (χ4v) is 3.93. The first kappa shape index (κ1) is 17.8. The lowest BCUT2D eigenvalue weighted by Crippen LogP contribution is -2.23. The van der Waals surface area contributed by atoms with Crippen LogP contribution < -0.4 is 10.1 Å². The molecule has 2 rings (SSSR count). The van der Waals surface area contributed by atoms with Crippen LogP contribution in [0.1, 0.15) is 12.5 Å². The largest absolute Gasteiger partial charge is 0.479 e. The zero-order chi connectivity index (χ0) is 17.0. The van der Waals surface area contributed by atoms with E-state index in [1.165, 1.54) is 6.92 Å². The predicted molar refractivity (Wildman–Crippen MR) is 98.0 cm³/mol. The topological polar surface area (TPSA) is 67.8 Å². The van der Waals surface area contributed by atoms with E-state index in [9.17, 15) is 9.59 Å². The molecule has 0 saturated carbocycles. The second-order valence-electron chi connectivity index (χ2n) is 4.31. The van der Waals surface area contributed by atoms with Crippen LogP contribution in [0.4, 0.5) is 0 Å². The lowest BCUT2D eigenvalue weighted by atomic mass is 10.2. The highest BCUT2D eigenvalue weighted by molar-refractivity contribution is 9.11. The number of carbonyl (C=O) groups is 2. The molecule has 1 aliphatic heterocycles. The van der Waals surface area contributed by atoms with Crippen molar-refractivity contribution in [3.8, 4) is 18.1 Å². The van der Waals surface area contributed by atoms with Crippen molar-refractivity contribution in [3.63, 3.8) is 0 Å². The van der Waals surface area contributed by atoms with E-state index in [4.69, 9.17) is 11.2 Å². The summed E-state index contributed by atoms with van der Waals surface area (Å²) in [4.78, 5) is 27.2. The lowest BCUT2D eigenvalue weighted by molar-refractivity contribution is -0.117. The van der Waals surface area contributed by atoms with Gasteiger partial charge in [-0.25, -0.2) is 0 Å². The molecule has 1 N–H and O–H groups in total. The second-order valence-corrected chi connectivity index (χ2v) is 7.11. The fraction of sp³-hybridized carbons (Fsp3) is 0.133. The number of amides is 2. The van der Waals surface area contributed by atoms with Crippen molar-refractivity contribution in [2.24, 2.45) is 4.99 Å². The Bertz CT molecular complexity index is 782. The van der Waals surface area contributed by atoms with E-state index >= 15 is 0 Å². The number of nitrogens with zero attached hydrogens (tertiary/aromatic N) is 1. The molecule has 0 atom stereocenters. The number of carbonyl (C=O) groups excluding carboxylic acids is 2. The number of hydrogen-bond donors (Lipinski definition) is 1. The van der Waals surface area contributed by atoms with Crippen molar-refractivity contribution < 1.29 is 14.3 Å². The van der Waals surface area contributed by atoms with E-state index in [1.807, 2.05) is 6.07 Å². The summed E-state index contributed by atoms with van der Waals surface area (Å²) in [5.41, 5.74) is 0.664. The van der Waals surface area contributed by atoms with E-state index in [-0.39, 0.29) is 17.7 Å². The quantitative estimate of drug-likeness (QED) is 0.558. The van der Waals surface area contributed by atoms with Crippen LogP contribution in [-0.4, -0.2) is 23.6 Å². The van der Waals surface area contributed by atoms with E-state index in [1.54, 1.807) is 12.1 Å². The zero-order valence-corrected chi connectivity index (χ0v) is 15.8. The summed E-state index contributed by atoms with van der Waals surface area (Å²) in [6, 6.07) is 3.62. The highest BCUT2D eigenvalue weighted by Crippen LogP contribution is 2.36. The van der Waals surface area contributed by atoms with Gasteiger partial charge >= 0.3 is 0 Å². The van der Waals surface area contributed by atoms with Crippen molar-refractivity contribution in [3.05, 3.63) is 31.5 Å². The Morgan fingerprint density at radius 3 is 2.91 bits per heavy atom. The van der Waals surface area contributed by atoms with Crippen LogP contribution in [0, 0.1) is 12.3 Å². The number of nitrogens with one attached hydrogen (secondary N) is 1. The lowest BCUT2D eigenvalue weighted by Gasteiger charge is -2.10. The molecular weight excluding hydrogens is 448 g/mol. The minimum Gasteiger partial charge on any atom is -0.479 e. The van der Waals surface area contributed by atoms with Gasteiger partial charge in [0, 0.05) is 17.0 Å². The van der Waals surface area contributed by atoms with Crippen molar-refractivity contribution in [1.82, 2.24) is 5.32 Å². The van der Waals surface area contributed by atoms with E-state index < -0.39 is 5.91 Å². The molecule has 0 aromatic heterocycles. The number of terminal acetylenes is 1. The average molecular weight is 458 g/mol. The SMILES string of the molecule is C#CCOc1c(Br)cc(Br)cc1/C=C1/SC(NC(C)=O)=NC1=O. The Labute approximate surface area is 154 Å². The van der Waals surface area contributed by atoms with Crippen LogP contribution in [0.3, 0.4) is 0 Å². The number of rotatable bonds is 3. The summed E-state index contributed by atoms with van der Waals surface area (Å²) in [7, 11) is 0. The normalized spacial score (nSPS) is 15.3. The van der Waals surface area contributed by atoms with Gasteiger partial charge in [-0.05, 0) is 45.9 Å². The third-order valence-corrected chi connectivity index (χ3v) is 4.47. The first-order chi connectivity index (χ1) is 10.9. The summed E-state index contributed by atoms with van der Waals surface area (Å²) < 4.78 is 7.04. The monoisotopic (exact) mass is 456 g/mol. The molecule has 8 heteroatoms. The van der Waals surface area contributed by atoms with Gasteiger partial charge < -0.3 is 10.1 Å². The molecule has 0 saturated heterocycles. The minimum absolute atomic E-state index is 0.102. The molecule has 0 aliphatic carbocycles. The van der Waals surface area contributed by atoms with Crippen LogP contribution in [-0.2, 0) is 9.59 Å². The van der Waals surface area contributed by atoms with Crippen LogP contribution in [0.15, 0.2) is 31.0 Å².